The summed E-state index contributed by atoms with van der Waals surface area (Å²) in [4.78, 5) is 18.7. The number of rotatable bonds is 7. The lowest BCUT2D eigenvalue weighted by Crippen LogP contribution is -2.36. The summed E-state index contributed by atoms with van der Waals surface area (Å²) in [5.74, 6) is 1.04. The molecule has 0 aliphatic heterocycles. The molecule has 1 aromatic rings. The predicted molar refractivity (Wildman–Crippen MR) is 86.0 cm³/mol. The Hall–Kier alpha value is -1.38. The maximum atomic E-state index is 12.5. The highest BCUT2D eigenvalue weighted by Gasteiger charge is 2.20. The second kappa shape index (κ2) is 8.81. The van der Waals surface area contributed by atoms with Crippen molar-refractivity contribution in [3.8, 4) is 0 Å². The average Bonchev–Trinajstić information content (AvgIpc) is 2.54. The number of carbonyl (C=O) groups excluding carboxylic acids is 1. The van der Waals surface area contributed by atoms with Gasteiger partial charge in [-0.05, 0) is 43.2 Å². The molecule has 1 aromatic heterocycles. The first kappa shape index (κ1) is 16.0. The lowest BCUT2D eigenvalue weighted by molar-refractivity contribution is -0.132. The first-order valence-corrected chi connectivity index (χ1v) is 8.46. The van der Waals surface area contributed by atoms with E-state index in [0.29, 0.717) is 12.3 Å². The van der Waals surface area contributed by atoms with Crippen LogP contribution in [-0.4, -0.2) is 28.9 Å². The van der Waals surface area contributed by atoms with E-state index in [1.165, 1.54) is 32.1 Å². The standard InChI is InChI=1S/C18H28N2O/c1-2-13-20(15-17-7-4-3-5-8-17)18(21)11-10-16-9-6-12-19-14-16/h6,9,12,14,17H,2-5,7-8,10-11,13,15H2,1H3. The third-order valence-corrected chi connectivity index (χ3v) is 4.40. The van der Waals surface area contributed by atoms with Gasteiger partial charge in [0.15, 0.2) is 0 Å². The van der Waals surface area contributed by atoms with E-state index < -0.39 is 0 Å². The zero-order valence-corrected chi connectivity index (χ0v) is 13.3. The summed E-state index contributed by atoms with van der Waals surface area (Å²) in [6.07, 6.45) is 12.8. The number of hydrogen-bond donors (Lipinski definition) is 0. The molecule has 2 rings (SSSR count). The molecule has 0 spiro atoms. The number of pyridine rings is 1. The van der Waals surface area contributed by atoms with Crippen LogP contribution in [0, 0.1) is 5.92 Å². The summed E-state index contributed by atoms with van der Waals surface area (Å²) in [6.45, 7) is 4.03. The molecule has 21 heavy (non-hydrogen) atoms. The third kappa shape index (κ3) is 5.49. The van der Waals surface area contributed by atoms with Crippen molar-refractivity contribution in [3.05, 3.63) is 30.1 Å². The SMILES string of the molecule is CCCN(CC1CCCCC1)C(=O)CCc1cccnc1. The van der Waals surface area contributed by atoms with Crippen LogP contribution in [0.1, 0.15) is 57.4 Å². The molecule has 1 fully saturated rings. The van der Waals surface area contributed by atoms with E-state index in [0.717, 1.165) is 37.4 Å². The molecule has 1 aliphatic carbocycles. The normalized spacial score (nSPS) is 15.9. The Bertz CT molecular complexity index is 412. The molecule has 116 valence electrons. The Kier molecular flexibility index (Phi) is 6.71. The Morgan fingerprint density at radius 1 is 1.33 bits per heavy atom. The largest absolute Gasteiger partial charge is 0.342 e. The van der Waals surface area contributed by atoms with E-state index >= 15 is 0 Å². The second-order valence-corrected chi connectivity index (χ2v) is 6.21. The van der Waals surface area contributed by atoms with Crippen LogP contribution in [-0.2, 0) is 11.2 Å². The summed E-state index contributed by atoms with van der Waals surface area (Å²) in [5.41, 5.74) is 1.15. The fraction of sp³-hybridized carbons (Fsp3) is 0.667. The summed E-state index contributed by atoms with van der Waals surface area (Å²) in [5, 5.41) is 0. The number of aryl methyl sites for hydroxylation is 1. The van der Waals surface area contributed by atoms with Crippen molar-refractivity contribution in [3.63, 3.8) is 0 Å². The maximum Gasteiger partial charge on any atom is 0.222 e. The van der Waals surface area contributed by atoms with Crippen LogP contribution in [0.3, 0.4) is 0 Å². The van der Waals surface area contributed by atoms with Gasteiger partial charge in [0.2, 0.25) is 5.91 Å². The first-order chi connectivity index (χ1) is 10.3. The van der Waals surface area contributed by atoms with Gasteiger partial charge in [-0.25, -0.2) is 0 Å². The summed E-state index contributed by atoms with van der Waals surface area (Å²) >= 11 is 0. The van der Waals surface area contributed by atoms with Crippen LogP contribution in [0.5, 0.6) is 0 Å². The lowest BCUT2D eigenvalue weighted by atomic mass is 9.89. The van der Waals surface area contributed by atoms with E-state index in [2.05, 4.69) is 16.8 Å². The highest BCUT2D eigenvalue weighted by molar-refractivity contribution is 5.76. The van der Waals surface area contributed by atoms with Crippen LogP contribution in [0.15, 0.2) is 24.5 Å². The van der Waals surface area contributed by atoms with Crippen molar-refractivity contribution in [1.82, 2.24) is 9.88 Å². The molecular formula is C18H28N2O. The molecule has 1 saturated carbocycles. The van der Waals surface area contributed by atoms with Gasteiger partial charge in [0.1, 0.15) is 0 Å². The van der Waals surface area contributed by atoms with E-state index in [1.54, 1.807) is 6.20 Å². The highest BCUT2D eigenvalue weighted by Crippen LogP contribution is 2.24. The molecular weight excluding hydrogens is 260 g/mol. The molecule has 0 aromatic carbocycles. The fourth-order valence-electron chi connectivity index (χ4n) is 3.22. The van der Waals surface area contributed by atoms with E-state index in [4.69, 9.17) is 0 Å². The minimum atomic E-state index is 0.311. The summed E-state index contributed by atoms with van der Waals surface area (Å²) in [6, 6.07) is 3.98. The summed E-state index contributed by atoms with van der Waals surface area (Å²) < 4.78 is 0. The Morgan fingerprint density at radius 3 is 2.81 bits per heavy atom. The monoisotopic (exact) mass is 288 g/mol. The van der Waals surface area contributed by atoms with Gasteiger partial charge >= 0.3 is 0 Å². The van der Waals surface area contributed by atoms with E-state index in [9.17, 15) is 4.79 Å². The van der Waals surface area contributed by atoms with Crippen molar-refractivity contribution in [2.45, 2.75) is 58.3 Å². The number of nitrogens with zero attached hydrogens (tertiary/aromatic N) is 2. The molecule has 0 bridgehead atoms. The predicted octanol–water partition coefficient (Wildman–Crippen LogP) is 3.83. The topological polar surface area (TPSA) is 33.2 Å². The van der Waals surface area contributed by atoms with Crippen molar-refractivity contribution >= 4 is 5.91 Å². The molecule has 1 amide bonds. The van der Waals surface area contributed by atoms with Gasteiger partial charge in [0.25, 0.3) is 0 Å². The molecule has 3 nitrogen and oxygen atoms in total. The summed E-state index contributed by atoms with van der Waals surface area (Å²) in [7, 11) is 0. The van der Waals surface area contributed by atoms with E-state index in [1.807, 2.05) is 18.3 Å². The number of carbonyl (C=O) groups is 1. The van der Waals surface area contributed by atoms with Gasteiger partial charge in [0, 0.05) is 31.9 Å². The molecule has 3 heteroatoms. The van der Waals surface area contributed by atoms with Crippen LogP contribution in [0.2, 0.25) is 0 Å². The highest BCUT2D eigenvalue weighted by atomic mass is 16.2. The van der Waals surface area contributed by atoms with Gasteiger partial charge in [-0.1, -0.05) is 32.3 Å². The smallest absolute Gasteiger partial charge is 0.222 e. The fourth-order valence-corrected chi connectivity index (χ4v) is 3.22. The van der Waals surface area contributed by atoms with Gasteiger partial charge in [0.05, 0.1) is 0 Å². The van der Waals surface area contributed by atoms with Crippen LogP contribution < -0.4 is 0 Å². The second-order valence-electron chi connectivity index (χ2n) is 6.21. The van der Waals surface area contributed by atoms with Crippen LogP contribution in [0.25, 0.3) is 0 Å². The number of hydrogen-bond acceptors (Lipinski definition) is 2. The van der Waals surface area contributed by atoms with Crippen molar-refractivity contribution in [1.29, 1.82) is 0 Å². The minimum absolute atomic E-state index is 0.311. The molecule has 1 heterocycles. The Morgan fingerprint density at radius 2 is 2.14 bits per heavy atom. The van der Waals surface area contributed by atoms with Crippen molar-refractivity contribution < 1.29 is 4.79 Å². The molecule has 0 radical (unpaired) electrons. The quantitative estimate of drug-likeness (QED) is 0.764. The van der Waals surface area contributed by atoms with E-state index in [-0.39, 0.29) is 0 Å². The Labute approximate surface area is 128 Å². The van der Waals surface area contributed by atoms with Gasteiger partial charge < -0.3 is 4.90 Å². The lowest BCUT2D eigenvalue weighted by Gasteiger charge is -2.29. The molecule has 1 aliphatic rings. The Balaban J connectivity index is 1.82. The zero-order chi connectivity index (χ0) is 14.9. The van der Waals surface area contributed by atoms with Gasteiger partial charge in [-0.3, -0.25) is 9.78 Å². The molecule has 0 atom stereocenters. The maximum absolute atomic E-state index is 12.5. The molecule has 0 N–H and O–H groups in total. The van der Waals surface area contributed by atoms with Crippen LogP contribution in [0.4, 0.5) is 0 Å². The first-order valence-electron chi connectivity index (χ1n) is 8.46. The van der Waals surface area contributed by atoms with Gasteiger partial charge in [-0.15, -0.1) is 0 Å². The van der Waals surface area contributed by atoms with Crippen molar-refractivity contribution in [2.24, 2.45) is 5.92 Å². The minimum Gasteiger partial charge on any atom is -0.342 e. The van der Waals surface area contributed by atoms with Crippen molar-refractivity contribution in [2.75, 3.05) is 13.1 Å². The average molecular weight is 288 g/mol. The number of amides is 1. The zero-order valence-electron chi connectivity index (χ0n) is 13.3. The number of aromatic nitrogens is 1. The van der Waals surface area contributed by atoms with Crippen LogP contribution >= 0.6 is 0 Å². The molecule has 0 unspecified atom stereocenters. The third-order valence-electron chi connectivity index (χ3n) is 4.40. The molecule has 0 saturated heterocycles. The van der Waals surface area contributed by atoms with Gasteiger partial charge in [-0.2, -0.15) is 0 Å².